The Balaban J connectivity index is 1.97. The van der Waals surface area contributed by atoms with Crippen LogP contribution in [0.25, 0.3) is 0 Å². The van der Waals surface area contributed by atoms with E-state index in [0.29, 0.717) is 6.04 Å². The molecule has 1 fully saturated rings. The molecule has 1 aromatic carbocycles. The molecule has 0 heterocycles. The average molecular weight is 304 g/mol. The van der Waals surface area contributed by atoms with E-state index in [4.69, 9.17) is 11.6 Å². The van der Waals surface area contributed by atoms with Crippen LogP contribution in [0.15, 0.2) is 18.2 Å². The normalized spacial score (nSPS) is 22.9. The maximum absolute atomic E-state index is 12.2. The smallest absolute Gasteiger partial charge is 0.387 e. The number of benzene rings is 1. The summed E-state index contributed by atoms with van der Waals surface area (Å²) in [6, 6.07) is 5.30. The molecule has 0 aliphatic heterocycles. The van der Waals surface area contributed by atoms with Crippen LogP contribution in [0, 0.1) is 5.92 Å². The summed E-state index contributed by atoms with van der Waals surface area (Å²) in [6.07, 6.45) is 6.04. The van der Waals surface area contributed by atoms with Gasteiger partial charge in [0.2, 0.25) is 0 Å². The molecule has 0 saturated heterocycles. The predicted octanol–water partition coefficient (Wildman–Crippen LogP) is 5.32. The molecule has 1 aliphatic rings. The highest BCUT2D eigenvalue weighted by molar-refractivity contribution is 6.32. The molecule has 0 radical (unpaired) electrons. The van der Waals surface area contributed by atoms with Gasteiger partial charge in [0.05, 0.1) is 5.02 Å². The van der Waals surface area contributed by atoms with Gasteiger partial charge in [-0.3, -0.25) is 0 Å². The molecular formula is C15H20ClF2NO. The van der Waals surface area contributed by atoms with Gasteiger partial charge in [0, 0.05) is 11.7 Å². The number of nitrogens with one attached hydrogen (secondary N) is 1. The first-order chi connectivity index (χ1) is 9.58. The zero-order valence-electron chi connectivity index (χ0n) is 11.5. The van der Waals surface area contributed by atoms with Gasteiger partial charge in [0.25, 0.3) is 0 Å². The summed E-state index contributed by atoms with van der Waals surface area (Å²) < 4.78 is 28.6. The van der Waals surface area contributed by atoms with Crippen LogP contribution in [0.5, 0.6) is 5.75 Å². The van der Waals surface area contributed by atoms with E-state index in [2.05, 4.69) is 17.0 Å². The van der Waals surface area contributed by atoms with Gasteiger partial charge < -0.3 is 10.1 Å². The van der Waals surface area contributed by atoms with E-state index in [0.717, 1.165) is 24.4 Å². The van der Waals surface area contributed by atoms with Gasteiger partial charge in [-0.25, -0.2) is 0 Å². The molecule has 0 amide bonds. The van der Waals surface area contributed by atoms with Crippen molar-refractivity contribution in [2.24, 2.45) is 5.92 Å². The molecule has 2 unspecified atom stereocenters. The van der Waals surface area contributed by atoms with Crippen LogP contribution in [0.2, 0.25) is 5.02 Å². The van der Waals surface area contributed by atoms with Crippen LogP contribution >= 0.6 is 11.6 Å². The number of ether oxygens (including phenoxy) is 1. The van der Waals surface area contributed by atoms with Crippen molar-refractivity contribution in [1.29, 1.82) is 0 Å². The van der Waals surface area contributed by atoms with Crippen molar-refractivity contribution >= 4 is 17.3 Å². The van der Waals surface area contributed by atoms with E-state index in [9.17, 15) is 8.78 Å². The molecule has 2 atom stereocenters. The van der Waals surface area contributed by atoms with E-state index in [1.54, 1.807) is 12.1 Å². The van der Waals surface area contributed by atoms with Gasteiger partial charge in [0.15, 0.2) is 0 Å². The highest BCUT2D eigenvalue weighted by Crippen LogP contribution is 2.32. The second-order valence-electron chi connectivity index (χ2n) is 5.31. The maximum atomic E-state index is 12.2. The van der Waals surface area contributed by atoms with Crippen LogP contribution in [0.4, 0.5) is 14.5 Å². The molecule has 20 heavy (non-hydrogen) atoms. The van der Waals surface area contributed by atoms with Crippen molar-refractivity contribution in [2.45, 2.75) is 51.7 Å². The number of hydrogen-bond donors (Lipinski definition) is 1. The second kappa shape index (κ2) is 7.11. The minimum atomic E-state index is -2.85. The Kier molecular flexibility index (Phi) is 5.46. The first kappa shape index (κ1) is 15.4. The summed E-state index contributed by atoms with van der Waals surface area (Å²) in [5.74, 6) is 0.792. The Morgan fingerprint density at radius 1 is 1.40 bits per heavy atom. The zero-order chi connectivity index (χ0) is 14.5. The Hall–Kier alpha value is -1.03. The first-order valence-corrected chi connectivity index (χ1v) is 7.47. The standard InChI is InChI=1S/C15H20ClF2NO/c1-2-10-4-3-5-11(8-10)19-12-6-7-14(13(16)9-12)20-15(17)18/h6-7,9-11,15,19H,2-5,8H2,1H3. The number of alkyl halides is 2. The van der Waals surface area contributed by atoms with Gasteiger partial charge in [-0.1, -0.05) is 37.8 Å². The van der Waals surface area contributed by atoms with Crippen molar-refractivity contribution in [2.75, 3.05) is 5.32 Å². The van der Waals surface area contributed by atoms with E-state index in [1.807, 2.05) is 0 Å². The zero-order valence-corrected chi connectivity index (χ0v) is 12.3. The van der Waals surface area contributed by atoms with Gasteiger partial charge in [0.1, 0.15) is 5.75 Å². The minimum absolute atomic E-state index is 0.0160. The summed E-state index contributed by atoms with van der Waals surface area (Å²) in [6.45, 7) is -0.629. The number of halogens is 3. The third-order valence-electron chi connectivity index (χ3n) is 3.88. The molecule has 0 spiro atoms. The molecule has 2 nitrogen and oxygen atoms in total. The van der Waals surface area contributed by atoms with Gasteiger partial charge >= 0.3 is 6.61 Å². The molecule has 1 aliphatic carbocycles. The summed E-state index contributed by atoms with van der Waals surface area (Å²) in [7, 11) is 0. The molecule has 1 saturated carbocycles. The third-order valence-corrected chi connectivity index (χ3v) is 4.17. The van der Waals surface area contributed by atoms with Crippen LogP contribution < -0.4 is 10.1 Å². The van der Waals surface area contributed by atoms with Gasteiger partial charge in [-0.2, -0.15) is 8.78 Å². The van der Waals surface area contributed by atoms with Crippen molar-refractivity contribution in [3.05, 3.63) is 23.2 Å². The Labute approximate surface area is 123 Å². The summed E-state index contributed by atoms with van der Waals surface area (Å²) in [5, 5.41) is 3.65. The Morgan fingerprint density at radius 3 is 2.85 bits per heavy atom. The van der Waals surface area contributed by atoms with Crippen LogP contribution in [0.1, 0.15) is 39.0 Å². The fourth-order valence-corrected chi connectivity index (χ4v) is 3.04. The monoisotopic (exact) mass is 303 g/mol. The minimum Gasteiger partial charge on any atom is -0.433 e. The lowest BCUT2D eigenvalue weighted by atomic mass is 9.84. The fourth-order valence-electron chi connectivity index (χ4n) is 2.81. The molecule has 1 N–H and O–H groups in total. The number of anilines is 1. The maximum Gasteiger partial charge on any atom is 0.387 e. The number of rotatable bonds is 5. The molecule has 1 aromatic rings. The van der Waals surface area contributed by atoms with Crippen molar-refractivity contribution in [1.82, 2.24) is 0 Å². The quantitative estimate of drug-likeness (QED) is 0.794. The molecule has 2 rings (SSSR count). The lowest BCUT2D eigenvalue weighted by molar-refractivity contribution is -0.0497. The van der Waals surface area contributed by atoms with Gasteiger partial charge in [-0.05, 0) is 37.0 Å². The van der Waals surface area contributed by atoms with Crippen molar-refractivity contribution in [3.8, 4) is 5.75 Å². The average Bonchev–Trinajstić information content (AvgIpc) is 2.42. The van der Waals surface area contributed by atoms with Gasteiger partial charge in [-0.15, -0.1) is 0 Å². The largest absolute Gasteiger partial charge is 0.433 e. The van der Waals surface area contributed by atoms with E-state index in [1.165, 1.54) is 25.3 Å². The van der Waals surface area contributed by atoms with Crippen molar-refractivity contribution < 1.29 is 13.5 Å². The van der Waals surface area contributed by atoms with Crippen LogP contribution in [-0.2, 0) is 0 Å². The van der Waals surface area contributed by atoms with E-state index in [-0.39, 0.29) is 10.8 Å². The highest BCUT2D eigenvalue weighted by atomic mass is 35.5. The lowest BCUT2D eigenvalue weighted by Crippen LogP contribution is -2.27. The Bertz CT molecular complexity index is 442. The van der Waals surface area contributed by atoms with Crippen molar-refractivity contribution in [3.63, 3.8) is 0 Å². The highest BCUT2D eigenvalue weighted by Gasteiger charge is 2.20. The molecular weight excluding hydrogens is 284 g/mol. The second-order valence-corrected chi connectivity index (χ2v) is 5.71. The molecule has 0 aromatic heterocycles. The van der Waals surface area contributed by atoms with Crippen LogP contribution in [0.3, 0.4) is 0 Å². The van der Waals surface area contributed by atoms with E-state index < -0.39 is 6.61 Å². The first-order valence-electron chi connectivity index (χ1n) is 7.09. The Morgan fingerprint density at radius 2 is 2.20 bits per heavy atom. The molecule has 112 valence electrons. The third kappa shape index (κ3) is 4.23. The fraction of sp³-hybridized carbons (Fsp3) is 0.600. The summed E-state index contributed by atoms with van der Waals surface area (Å²) in [5.41, 5.74) is 0.860. The lowest BCUT2D eigenvalue weighted by Gasteiger charge is -2.30. The van der Waals surface area contributed by atoms with E-state index >= 15 is 0 Å². The predicted molar refractivity (Wildman–Crippen MR) is 77.7 cm³/mol. The summed E-state index contributed by atoms with van der Waals surface area (Å²) in [4.78, 5) is 0. The van der Waals surface area contributed by atoms with Crippen LogP contribution in [-0.4, -0.2) is 12.7 Å². The SMILES string of the molecule is CCC1CCCC(Nc2ccc(OC(F)F)c(Cl)c2)C1. The molecule has 5 heteroatoms. The number of hydrogen-bond acceptors (Lipinski definition) is 2. The topological polar surface area (TPSA) is 21.3 Å². The summed E-state index contributed by atoms with van der Waals surface area (Å²) >= 11 is 5.95. The molecule has 0 bridgehead atoms.